The molecule has 7 nitrogen and oxygen atoms in total. The number of halogens is 5. The Balaban J connectivity index is 0.00000361. The highest BCUT2D eigenvalue weighted by Crippen LogP contribution is 2.24. The predicted molar refractivity (Wildman–Crippen MR) is 160 cm³/mol. The van der Waals surface area contributed by atoms with Crippen LogP contribution in [0.2, 0.25) is 15.1 Å². The number of carbonyl (C=O) groups excluding carboxylic acids is 2. The summed E-state index contributed by atoms with van der Waals surface area (Å²) >= 11 is 18.2. The van der Waals surface area contributed by atoms with Crippen LogP contribution in [-0.2, 0) is 11.3 Å². The van der Waals surface area contributed by atoms with Gasteiger partial charge in [0.05, 0.1) is 15.6 Å². The minimum atomic E-state index is -0.254. The smallest absolute Gasteiger partial charge is 0.260 e. The van der Waals surface area contributed by atoms with Crippen LogP contribution in [0.3, 0.4) is 0 Å². The van der Waals surface area contributed by atoms with Gasteiger partial charge in [-0.3, -0.25) is 19.4 Å². The molecule has 0 bridgehead atoms. The number of ether oxygens (including phenoxy) is 1. The van der Waals surface area contributed by atoms with E-state index in [4.69, 9.17) is 39.5 Å². The minimum absolute atomic E-state index is 0. The average Bonchev–Trinajstić information content (AvgIpc) is 2.86. The molecule has 0 aliphatic carbocycles. The Labute approximate surface area is 252 Å². The van der Waals surface area contributed by atoms with E-state index in [-0.39, 0.29) is 43.2 Å². The van der Waals surface area contributed by atoms with Gasteiger partial charge in [-0.2, -0.15) is 0 Å². The molecular weight excluding hydrogens is 594 g/mol. The maximum Gasteiger partial charge on any atom is 0.260 e. The first-order chi connectivity index (χ1) is 17.3. The molecule has 1 aliphatic heterocycles. The van der Waals surface area contributed by atoms with Gasteiger partial charge in [-0.05, 0) is 49.7 Å². The molecular formula is C26H35Cl5N4O3. The molecule has 38 heavy (non-hydrogen) atoms. The van der Waals surface area contributed by atoms with Crippen molar-refractivity contribution in [2.24, 2.45) is 0 Å². The summed E-state index contributed by atoms with van der Waals surface area (Å²) in [5, 5.41) is 4.55. The van der Waals surface area contributed by atoms with Crippen LogP contribution in [0.1, 0.15) is 29.8 Å². The molecule has 1 heterocycles. The second-order valence-electron chi connectivity index (χ2n) is 8.62. The molecule has 2 aromatic rings. The van der Waals surface area contributed by atoms with Crippen LogP contribution in [0.25, 0.3) is 0 Å². The number of carbonyl (C=O) groups is 2. The van der Waals surface area contributed by atoms with E-state index in [1.54, 1.807) is 23.1 Å². The van der Waals surface area contributed by atoms with E-state index in [0.717, 1.165) is 44.8 Å². The Bertz CT molecular complexity index is 1050. The largest absolute Gasteiger partial charge is 0.483 e. The lowest BCUT2D eigenvalue weighted by Gasteiger charge is -2.34. The third-order valence-corrected chi connectivity index (χ3v) is 7.20. The summed E-state index contributed by atoms with van der Waals surface area (Å²) in [4.78, 5) is 31.5. The molecule has 212 valence electrons. The lowest BCUT2D eigenvalue weighted by Crippen LogP contribution is -2.48. The molecule has 0 spiro atoms. The highest BCUT2D eigenvalue weighted by atomic mass is 35.5. The molecule has 1 aliphatic rings. The monoisotopic (exact) mass is 626 g/mol. The van der Waals surface area contributed by atoms with Crippen molar-refractivity contribution >= 4 is 71.4 Å². The van der Waals surface area contributed by atoms with Crippen molar-refractivity contribution in [3.8, 4) is 5.75 Å². The van der Waals surface area contributed by atoms with Gasteiger partial charge in [0.2, 0.25) is 0 Å². The molecule has 1 N–H and O–H groups in total. The summed E-state index contributed by atoms with van der Waals surface area (Å²) in [6.07, 6.45) is 0. The van der Waals surface area contributed by atoms with Crippen LogP contribution >= 0.6 is 59.6 Å². The first-order valence-electron chi connectivity index (χ1n) is 12.2. The fourth-order valence-electron chi connectivity index (χ4n) is 4.10. The molecule has 0 atom stereocenters. The highest BCUT2D eigenvalue weighted by molar-refractivity contribution is 6.42. The van der Waals surface area contributed by atoms with Gasteiger partial charge in [0.25, 0.3) is 11.8 Å². The lowest BCUT2D eigenvalue weighted by atomic mass is 10.2. The van der Waals surface area contributed by atoms with Crippen molar-refractivity contribution in [3.63, 3.8) is 0 Å². The first-order valence-corrected chi connectivity index (χ1v) is 13.3. The summed E-state index contributed by atoms with van der Waals surface area (Å²) in [7, 11) is 0. The van der Waals surface area contributed by atoms with Crippen LogP contribution in [0.5, 0.6) is 5.75 Å². The van der Waals surface area contributed by atoms with Gasteiger partial charge in [-0.25, -0.2) is 0 Å². The summed E-state index contributed by atoms with van der Waals surface area (Å²) in [6.45, 7) is 10.7. The molecule has 12 heteroatoms. The van der Waals surface area contributed by atoms with Gasteiger partial charge in [0, 0.05) is 63.9 Å². The third kappa shape index (κ3) is 10.3. The second-order valence-corrected chi connectivity index (χ2v) is 9.87. The van der Waals surface area contributed by atoms with E-state index in [9.17, 15) is 9.59 Å². The van der Waals surface area contributed by atoms with Gasteiger partial charge < -0.3 is 15.0 Å². The van der Waals surface area contributed by atoms with E-state index in [0.29, 0.717) is 46.0 Å². The van der Waals surface area contributed by atoms with Gasteiger partial charge in [-0.15, -0.1) is 24.8 Å². The van der Waals surface area contributed by atoms with E-state index in [2.05, 4.69) is 15.1 Å². The normalized spacial score (nSPS) is 13.7. The zero-order valence-electron chi connectivity index (χ0n) is 21.6. The van der Waals surface area contributed by atoms with Crippen LogP contribution in [-0.4, -0.2) is 85.5 Å². The van der Waals surface area contributed by atoms with Crippen molar-refractivity contribution in [2.45, 2.75) is 20.4 Å². The molecule has 0 saturated carbocycles. The topological polar surface area (TPSA) is 65.1 Å². The molecule has 0 unspecified atom stereocenters. The van der Waals surface area contributed by atoms with Crippen molar-refractivity contribution in [1.29, 1.82) is 0 Å². The molecule has 3 rings (SSSR count). The van der Waals surface area contributed by atoms with Crippen molar-refractivity contribution in [3.05, 3.63) is 62.6 Å². The van der Waals surface area contributed by atoms with Crippen LogP contribution in [0, 0.1) is 0 Å². The van der Waals surface area contributed by atoms with E-state index in [1.165, 1.54) is 0 Å². The van der Waals surface area contributed by atoms with Crippen molar-refractivity contribution in [2.75, 3.05) is 59.0 Å². The lowest BCUT2D eigenvalue weighted by molar-refractivity contribution is -0.132. The zero-order chi connectivity index (χ0) is 26.1. The Kier molecular flexibility index (Phi) is 15.7. The fourth-order valence-corrected chi connectivity index (χ4v) is 4.58. The maximum absolute atomic E-state index is 12.8. The van der Waals surface area contributed by atoms with E-state index in [1.807, 2.05) is 32.0 Å². The second kappa shape index (κ2) is 17.3. The SMILES string of the molecule is CCN(CC)C(=O)COc1cc(Cl)ccc1C(=O)NCCN1CCN(Cc2ccc(Cl)c(Cl)c2)CC1.Cl.Cl. The summed E-state index contributed by atoms with van der Waals surface area (Å²) in [6, 6.07) is 10.6. The minimum Gasteiger partial charge on any atom is -0.483 e. The van der Waals surface area contributed by atoms with Gasteiger partial charge in [-0.1, -0.05) is 40.9 Å². The van der Waals surface area contributed by atoms with Gasteiger partial charge in [0.1, 0.15) is 5.75 Å². The quantitative estimate of drug-likeness (QED) is 0.367. The van der Waals surface area contributed by atoms with Gasteiger partial charge >= 0.3 is 0 Å². The van der Waals surface area contributed by atoms with Crippen LogP contribution in [0.15, 0.2) is 36.4 Å². The number of piperazine rings is 1. The molecule has 2 amide bonds. The zero-order valence-corrected chi connectivity index (χ0v) is 25.5. The van der Waals surface area contributed by atoms with Crippen molar-refractivity contribution in [1.82, 2.24) is 20.0 Å². The van der Waals surface area contributed by atoms with Crippen molar-refractivity contribution < 1.29 is 14.3 Å². The summed E-state index contributed by atoms with van der Waals surface area (Å²) in [5.41, 5.74) is 1.50. The van der Waals surface area contributed by atoms with Crippen LogP contribution < -0.4 is 10.1 Å². The van der Waals surface area contributed by atoms with E-state index >= 15 is 0 Å². The number of nitrogens with one attached hydrogen (secondary N) is 1. The van der Waals surface area contributed by atoms with E-state index < -0.39 is 0 Å². The average molecular weight is 629 g/mol. The number of rotatable bonds is 11. The standard InChI is InChI=1S/C26H33Cl3N4O3.2ClH/c1-3-33(4-2)25(34)18-36-24-16-20(27)6-7-21(24)26(35)30-9-10-31-11-13-32(14-12-31)17-19-5-8-22(28)23(29)15-19;;/h5-8,15-16H,3-4,9-14,17-18H2,1-2H3,(H,30,35);2*1H. The Morgan fingerprint density at radius 1 is 0.921 bits per heavy atom. The summed E-state index contributed by atoms with van der Waals surface area (Å²) in [5.74, 6) is -0.0868. The number of likely N-dealkylation sites (N-methyl/N-ethyl adjacent to an activating group) is 1. The fraction of sp³-hybridized carbons (Fsp3) is 0.462. The number of nitrogens with zero attached hydrogens (tertiary/aromatic N) is 3. The number of amides is 2. The maximum atomic E-state index is 12.8. The highest BCUT2D eigenvalue weighted by Gasteiger charge is 2.19. The molecule has 1 saturated heterocycles. The van der Waals surface area contributed by atoms with Crippen LogP contribution in [0.4, 0.5) is 0 Å². The predicted octanol–water partition coefficient (Wildman–Crippen LogP) is 5.29. The summed E-state index contributed by atoms with van der Waals surface area (Å²) < 4.78 is 5.69. The molecule has 0 radical (unpaired) electrons. The first kappa shape index (κ1) is 34.6. The molecule has 0 aromatic heterocycles. The van der Waals surface area contributed by atoms with Gasteiger partial charge in [0.15, 0.2) is 6.61 Å². The Morgan fingerprint density at radius 2 is 1.58 bits per heavy atom. The Hall–Kier alpha value is -1.45. The Morgan fingerprint density at radius 3 is 2.21 bits per heavy atom. The molecule has 2 aromatic carbocycles. The molecule has 1 fully saturated rings. The number of benzene rings is 2. The number of hydrogen-bond acceptors (Lipinski definition) is 5. The third-order valence-electron chi connectivity index (χ3n) is 6.22. The number of hydrogen-bond donors (Lipinski definition) is 1.